The van der Waals surface area contributed by atoms with E-state index in [-0.39, 0.29) is 18.0 Å². The van der Waals surface area contributed by atoms with Crippen molar-refractivity contribution in [2.75, 3.05) is 6.54 Å². The van der Waals surface area contributed by atoms with Crippen LogP contribution in [0.15, 0.2) is 75.6 Å². The summed E-state index contributed by atoms with van der Waals surface area (Å²) < 4.78 is 31.2. The van der Waals surface area contributed by atoms with E-state index in [9.17, 15) is 18.0 Å². The Hall–Kier alpha value is -2.91. The lowest BCUT2D eigenvalue weighted by atomic mass is 10.3. The number of thiophene rings is 1. The van der Waals surface area contributed by atoms with Crippen LogP contribution in [-0.2, 0) is 26.0 Å². The molecule has 1 atom stereocenters. The molecule has 0 spiro atoms. The third-order valence-electron chi connectivity index (χ3n) is 3.96. The molecule has 3 aromatic rings. The third kappa shape index (κ3) is 4.68. The minimum atomic E-state index is -3.74. The molecule has 0 aliphatic rings. The summed E-state index contributed by atoms with van der Waals surface area (Å²) in [6, 6.07) is 14.8. The molecule has 2 N–H and O–H groups in total. The van der Waals surface area contributed by atoms with Crippen molar-refractivity contribution in [2.24, 2.45) is 0 Å². The molecule has 1 aromatic carbocycles. The molecule has 1 unspecified atom stereocenters. The van der Waals surface area contributed by atoms with Crippen LogP contribution in [0.4, 0.5) is 0 Å². The Labute approximate surface area is 166 Å². The monoisotopic (exact) mass is 418 g/mol. The highest BCUT2D eigenvalue weighted by molar-refractivity contribution is 7.91. The zero-order chi connectivity index (χ0) is 20.0. The molecule has 28 heavy (non-hydrogen) atoms. The molecule has 0 saturated heterocycles. The summed E-state index contributed by atoms with van der Waals surface area (Å²) in [7, 11) is -3.74. The molecule has 7 nitrogen and oxygen atoms in total. The van der Waals surface area contributed by atoms with E-state index in [1.807, 2.05) is 0 Å². The van der Waals surface area contributed by atoms with Gasteiger partial charge in [0, 0.05) is 11.4 Å². The number of benzene rings is 1. The second-order valence-electron chi connectivity index (χ2n) is 5.83. The van der Waals surface area contributed by atoms with Gasteiger partial charge >= 0.3 is 11.8 Å². The SMILES string of the molecule is O=C(NCc1ccco1)C(=O)NCC(c1cccs1)S(=O)(=O)c1ccccc1. The van der Waals surface area contributed by atoms with Gasteiger partial charge in [-0.15, -0.1) is 11.3 Å². The van der Waals surface area contributed by atoms with Crippen LogP contribution >= 0.6 is 11.3 Å². The van der Waals surface area contributed by atoms with Crippen molar-refractivity contribution in [2.45, 2.75) is 16.7 Å². The van der Waals surface area contributed by atoms with Crippen LogP contribution in [0.25, 0.3) is 0 Å². The maximum atomic E-state index is 13.0. The molecule has 0 aliphatic heterocycles. The fraction of sp³-hybridized carbons (Fsp3) is 0.158. The number of rotatable bonds is 7. The number of hydrogen-bond acceptors (Lipinski definition) is 6. The molecule has 0 bridgehead atoms. The molecular weight excluding hydrogens is 400 g/mol. The average molecular weight is 418 g/mol. The van der Waals surface area contributed by atoms with Crippen LogP contribution in [0.5, 0.6) is 0 Å². The lowest BCUT2D eigenvalue weighted by molar-refractivity contribution is -0.139. The van der Waals surface area contributed by atoms with Gasteiger partial charge in [0.1, 0.15) is 11.0 Å². The van der Waals surface area contributed by atoms with E-state index in [0.29, 0.717) is 10.6 Å². The first-order chi connectivity index (χ1) is 13.5. The fourth-order valence-corrected chi connectivity index (χ4v) is 5.34. The fourth-order valence-electron chi connectivity index (χ4n) is 2.54. The first-order valence-corrected chi connectivity index (χ1v) is 10.8. The molecule has 146 valence electrons. The average Bonchev–Trinajstić information content (AvgIpc) is 3.41. The first kappa shape index (κ1) is 19.8. The van der Waals surface area contributed by atoms with E-state index in [1.54, 1.807) is 47.8 Å². The van der Waals surface area contributed by atoms with Crippen molar-refractivity contribution in [3.8, 4) is 0 Å². The molecule has 2 aromatic heterocycles. The second kappa shape index (κ2) is 8.85. The van der Waals surface area contributed by atoms with Crippen LogP contribution in [-0.4, -0.2) is 26.8 Å². The Morgan fingerprint density at radius 2 is 1.71 bits per heavy atom. The van der Waals surface area contributed by atoms with E-state index < -0.39 is 26.9 Å². The molecule has 0 fully saturated rings. The van der Waals surface area contributed by atoms with Crippen LogP contribution in [0.1, 0.15) is 15.9 Å². The summed E-state index contributed by atoms with van der Waals surface area (Å²) in [6.45, 7) is -0.152. The lowest BCUT2D eigenvalue weighted by Gasteiger charge is -2.17. The van der Waals surface area contributed by atoms with Crippen molar-refractivity contribution in [1.82, 2.24) is 10.6 Å². The lowest BCUT2D eigenvalue weighted by Crippen LogP contribution is -2.41. The van der Waals surface area contributed by atoms with Crippen LogP contribution < -0.4 is 10.6 Å². The van der Waals surface area contributed by atoms with Gasteiger partial charge in [-0.2, -0.15) is 0 Å². The van der Waals surface area contributed by atoms with Crippen molar-refractivity contribution in [3.63, 3.8) is 0 Å². The Kier molecular flexibility index (Phi) is 6.27. The Balaban J connectivity index is 1.69. The number of amides is 2. The van der Waals surface area contributed by atoms with Crippen molar-refractivity contribution >= 4 is 33.0 Å². The maximum absolute atomic E-state index is 13.0. The van der Waals surface area contributed by atoms with E-state index in [2.05, 4.69) is 10.6 Å². The van der Waals surface area contributed by atoms with Gasteiger partial charge in [0.2, 0.25) is 0 Å². The second-order valence-corrected chi connectivity index (χ2v) is 8.94. The molecule has 0 radical (unpaired) electrons. The summed E-state index contributed by atoms with van der Waals surface area (Å²) in [4.78, 5) is 24.8. The van der Waals surface area contributed by atoms with Gasteiger partial charge in [0.15, 0.2) is 9.84 Å². The van der Waals surface area contributed by atoms with Gasteiger partial charge in [0.25, 0.3) is 0 Å². The molecular formula is C19H18N2O5S2. The number of carbonyl (C=O) groups excluding carboxylic acids is 2. The van der Waals surface area contributed by atoms with E-state index in [4.69, 9.17) is 4.42 Å². The topological polar surface area (TPSA) is 105 Å². The van der Waals surface area contributed by atoms with Gasteiger partial charge in [-0.25, -0.2) is 8.42 Å². The predicted octanol–water partition coefficient (Wildman–Crippen LogP) is 2.29. The molecule has 2 amide bonds. The van der Waals surface area contributed by atoms with Crippen LogP contribution in [0, 0.1) is 0 Å². The van der Waals surface area contributed by atoms with E-state index in [0.717, 1.165) is 0 Å². The largest absolute Gasteiger partial charge is 0.467 e. The number of sulfone groups is 1. The van der Waals surface area contributed by atoms with Crippen LogP contribution in [0.3, 0.4) is 0 Å². The zero-order valence-corrected chi connectivity index (χ0v) is 16.3. The van der Waals surface area contributed by atoms with Gasteiger partial charge in [-0.05, 0) is 35.7 Å². The Morgan fingerprint density at radius 3 is 2.36 bits per heavy atom. The van der Waals surface area contributed by atoms with Crippen LogP contribution in [0.2, 0.25) is 0 Å². The minimum Gasteiger partial charge on any atom is -0.467 e. The molecule has 3 rings (SSSR count). The van der Waals surface area contributed by atoms with Crippen molar-refractivity contribution in [3.05, 3.63) is 76.9 Å². The summed E-state index contributed by atoms with van der Waals surface area (Å²) >= 11 is 1.28. The van der Waals surface area contributed by atoms with Gasteiger partial charge in [-0.1, -0.05) is 24.3 Å². The summed E-state index contributed by atoms with van der Waals surface area (Å²) in [5.41, 5.74) is 0. The predicted molar refractivity (Wildman–Crippen MR) is 104 cm³/mol. The quantitative estimate of drug-likeness (QED) is 0.573. The summed E-state index contributed by atoms with van der Waals surface area (Å²) in [5, 5.41) is 5.62. The molecule has 0 saturated carbocycles. The smallest absolute Gasteiger partial charge is 0.309 e. The van der Waals surface area contributed by atoms with Gasteiger partial charge < -0.3 is 15.1 Å². The molecule has 9 heteroatoms. The molecule has 2 heterocycles. The van der Waals surface area contributed by atoms with E-state index >= 15 is 0 Å². The third-order valence-corrected chi connectivity index (χ3v) is 7.20. The first-order valence-electron chi connectivity index (χ1n) is 8.39. The number of nitrogens with one attached hydrogen (secondary N) is 2. The number of carbonyl (C=O) groups is 2. The summed E-state index contributed by atoms with van der Waals surface area (Å²) in [6.07, 6.45) is 1.46. The summed E-state index contributed by atoms with van der Waals surface area (Å²) in [5.74, 6) is -1.26. The van der Waals surface area contributed by atoms with Crippen molar-refractivity contribution < 1.29 is 22.4 Å². The number of hydrogen-bond donors (Lipinski definition) is 2. The minimum absolute atomic E-state index is 0.0654. The van der Waals surface area contributed by atoms with Gasteiger partial charge in [0.05, 0.1) is 17.7 Å². The maximum Gasteiger partial charge on any atom is 0.309 e. The molecule has 0 aliphatic carbocycles. The van der Waals surface area contributed by atoms with Crippen molar-refractivity contribution in [1.29, 1.82) is 0 Å². The highest BCUT2D eigenvalue weighted by atomic mass is 32.2. The van der Waals surface area contributed by atoms with E-state index in [1.165, 1.54) is 29.7 Å². The highest BCUT2D eigenvalue weighted by Gasteiger charge is 2.31. The Bertz CT molecular complexity index is 1010. The Morgan fingerprint density at radius 1 is 0.964 bits per heavy atom. The standard InChI is InChI=1S/C19H18N2O5S2/c22-18(20-12-14-6-4-10-26-14)19(23)21-13-17(16-9-5-11-27-16)28(24,25)15-7-2-1-3-8-15/h1-11,17H,12-13H2,(H,20,22)(H,21,23). The normalized spacial score (nSPS) is 12.3. The van der Waals surface area contributed by atoms with Gasteiger partial charge in [-0.3, -0.25) is 9.59 Å². The zero-order valence-electron chi connectivity index (χ0n) is 14.7. The number of furan rings is 1. The highest BCUT2D eigenvalue weighted by Crippen LogP contribution is 2.31.